The molecule has 270 valence electrons. The fourth-order valence-electron chi connectivity index (χ4n) is 7.68. The number of carbonyl (C=O) groups excluding carboxylic acids is 1. The molecule has 0 amide bonds. The van der Waals surface area contributed by atoms with E-state index in [9.17, 15) is 4.79 Å². The summed E-state index contributed by atoms with van der Waals surface area (Å²) in [7, 11) is 0. The Kier molecular flexibility index (Phi) is 37.8. The lowest BCUT2D eigenvalue weighted by molar-refractivity contribution is -0.111. The van der Waals surface area contributed by atoms with Crippen molar-refractivity contribution in [2.75, 3.05) is 0 Å². The molecule has 0 radical (unpaired) electrons. The molecule has 0 aromatic carbocycles. The number of carbonyl (C=O) groups is 1. The van der Waals surface area contributed by atoms with Crippen LogP contribution in [0, 0.1) is 17.8 Å². The van der Waals surface area contributed by atoms with Crippen molar-refractivity contribution in [3.8, 4) is 0 Å². The topological polar surface area (TPSA) is 17.1 Å². The maximum atomic E-state index is 11.6. The van der Waals surface area contributed by atoms with Crippen molar-refractivity contribution < 1.29 is 4.79 Å². The molecule has 0 fully saturated rings. The Bertz CT molecular complexity index is 477. The second kappa shape index (κ2) is 38.1. The van der Waals surface area contributed by atoms with Gasteiger partial charge in [0.05, 0.1) is 0 Å². The molecule has 0 unspecified atom stereocenters. The molecule has 0 N–H and O–H groups in total. The van der Waals surface area contributed by atoms with Gasteiger partial charge in [-0.2, -0.15) is 0 Å². The second-order valence-electron chi connectivity index (χ2n) is 15.4. The van der Waals surface area contributed by atoms with Crippen molar-refractivity contribution in [1.82, 2.24) is 0 Å². The SMILES string of the molecule is CCCCCC(CCCCC)CCCCCCCCCCC(C=O)CCCCCCCCCCC(CCCCC)CCCCC. The lowest BCUT2D eigenvalue weighted by atomic mass is 9.90. The zero-order valence-corrected chi connectivity index (χ0v) is 32.2. The van der Waals surface area contributed by atoms with Gasteiger partial charge in [0, 0.05) is 5.92 Å². The lowest BCUT2D eigenvalue weighted by Gasteiger charge is -2.16. The molecule has 0 aromatic heterocycles. The van der Waals surface area contributed by atoms with E-state index in [0.717, 1.165) is 24.7 Å². The first kappa shape index (κ1) is 44.7. The molecule has 0 saturated carbocycles. The van der Waals surface area contributed by atoms with Gasteiger partial charge in [-0.25, -0.2) is 0 Å². The van der Waals surface area contributed by atoms with Gasteiger partial charge in [-0.05, 0) is 24.7 Å². The van der Waals surface area contributed by atoms with Crippen molar-refractivity contribution in [2.24, 2.45) is 17.8 Å². The van der Waals surface area contributed by atoms with E-state index in [4.69, 9.17) is 0 Å². The third-order valence-corrected chi connectivity index (χ3v) is 10.9. The highest BCUT2D eigenvalue weighted by Crippen LogP contribution is 2.25. The molecule has 0 saturated heterocycles. The molecule has 0 rings (SSSR count). The normalized spacial score (nSPS) is 11.9. The number of rotatable bonds is 39. The van der Waals surface area contributed by atoms with E-state index in [1.54, 1.807) is 0 Å². The number of aldehydes is 1. The predicted molar refractivity (Wildman–Crippen MR) is 205 cm³/mol. The van der Waals surface area contributed by atoms with Gasteiger partial charge >= 0.3 is 0 Å². The Morgan fingerprint density at radius 3 is 0.711 bits per heavy atom. The summed E-state index contributed by atoms with van der Waals surface area (Å²) in [6, 6.07) is 0. The van der Waals surface area contributed by atoms with Crippen LogP contribution >= 0.6 is 0 Å². The minimum atomic E-state index is 0.329. The zero-order valence-electron chi connectivity index (χ0n) is 32.2. The first-order chi connectivity index (χ1) is 22.2. The van der Waals surface area contributed by atoms with Crippen molar-refractivity contribution in [1.29, 1.82) is 0 Å². The molecule has 1 nitrogen and oxygen atoms in total. The maximum absolute atomic E-state index is 11.6. The molecule has 0 aromatic rings. The molecule has 0 aliphatic carbocycles. The highest BCUT2D eigenvalue weighted by atomic mass is 16.1. The molecule has 45 heavy (non-hydrogen) atoms. The summed E-state index contributed by atoms with van der Waals surface area (Å²) in [6.45, 7) is 9.32. The van der Waals surface area contributed by atoms with Crippen molar-refractivity contribution >= 4 is 6.29 Å². The standard InChI is InChI=1S/C44H88O/c1-5-9-25-33-42(34-26-10-6-2)37-29-21-17-13-15-19-23-31-39-44(41-45)40-32-24-20-16-14-18-22-30-38-43(35-27-11-7-3)36-28-12-8-4/h41-44H,5-40H2,1-4H3. The van der Waals surface area contributed by atoms with Crippen LogP contribution in [0.15, 0.2) is 0 Å². The van der Waals surface area contributed by atoms with E-state index in [1.165, 1.54) is 225 Å². The predicted octanol–water partition coefficient (Wildman–Crippen LogP) is 16.2. The lowest BCUT2D eigenvalue weighted by Crippen LogP contribution is -2.02. The summed E-state index contributed by atoms with van der Waals surface area (Å²) in [5, 5.41) is 0. The van der Waals surface area contributed by atoms with E-state index in [1.807, 2.05) is 0 Å². The fraction of sp³-hybridized carbons (Fsp3) is 0.977. The van der Waals surface area contributed by atoms with E-state index in [0.29, 0.717) is 5.92 Å². The average molecular weight is 633 g/mol. The van der Waals surface area contributed by atoms with Gasteiger partial charge < -0.3 is 4.79 Å². The number of hydrogen-bond donors (Lipinski definition) is 0. The summed E-state index contributed by atoms with van der Waals surface area (Å²) in [5.41, 5.74) is 0. The summed E-state index contributed by atoms with van der Waals surface area (Å²) in [6.07, 6.45) is 51.7. The molecule has 1 heteroatoms. The fourth-order valence-corrected chi connectivity index (χ4v) is 7.68. The molecule has 0 bridgehead atoms. The maximum Gasteiger partial charge on any atom is 0.123 e. The molecule has 0 spiro atoms. The van der Waals surface area contributed by atoms with Crippen molar-refractivity contribution in [2.45, 2.75) is 259 Å². The minimum Gasteiger partial charge on any atom is -0.303 e. The first-order valence-electron chi connectivity index (χ1n) is 21.7. The highest BCUT2D eigenvalue weighted by molar-refractivity contribution is 5.53. The van der Waals surface area contributed by atoms with Crippen LogP contribution in [0.2, 0.25) is 0 Å². The van der Waals surface area contributed by atoms with Crippen LogP contribution < -0.4 is 0 Å². The van der Waals surface area contributed by atoms with Crippen LogP contribution in [0.3, 0.4) is 0 Å². The van der Waals surface area contributed by atoms with Crippen LogP contribution in [0.4, 0.5) is 0 Å². The molecular weight excluding hydrogens is 544 g/mol. The average Bonchev–Trinajstić information content (AvgIpc) is 3.05. The van der Waals surface area contributed by atoms with Gasteiger partial charge in [0.2, 0.25) is 0 Å². The van der Waals surface area contributed by atoms with Gasteiger partial charge in [-0.15, -0.1) is 0 Å². The summed E-state index contributed by atoms with van der Waals surface area (Å²) >= 11 is 0. The third-order valence-electron chi connectivity index (χ3n) is 10.9. The smallest absolute Gasteiger partial charge is 0.123 e. The minimum absolute atomic E-state index is 0.329. The molecule has 0 aliphatic heterocycles. The van der Waals surface area contributed by atoms with Crippen LogP contribution in [-0.4, -0.2) is 6.29 Å². The molecule has 0 atom stereocenters. The van der Waals surface area contributed by atoms with E-state index < -0.39 is 0 Å². The van der Waals surface area contributed by atoms with Crippen LogP contribution in [0.1, 0.15) is 259 Å². The molecule has 0 aliphatic rings. The quantitative estimate of drug-likeness (QED) is 0.0487. The van der Waals surface area contributed by atoms with Gasteiger partial charge in [0.25, 0.3) is 0 Å². The summed E-state index contributed by atoms with van der Waals surface area (Å²) < 4.78 is 0. The van der Waals surface area contributed by atoms with Crippen LogP contribution in [0.5, 0.6) is 0 Å². The second-order valence-corrected chi connectivity index (χ2v) is 15.4. The monoisotopic (exact) mass is 633 g/mol. The van der Waals surface area contributed by atoms with E-state index >= 15 is 0 Å². The number of hydrogen-bond acceptors (Lipinski definition) is 1. The Morgan fingerprint density at radius 2 is 0.489 bits per heavy atom. The van der Waals surface area contributed by atoms with Gasteiger partial charge in [0.15, 0.2) is 0 Å². The molecular formula is C44H88O. The Hall–Kier alpha value is -0.330. The Balaban J connectivity index is 3.65. The van der Waals surface area contributed by atoms with Gasteiger partial charge in [-0.1, -0.05) is 246 Å². The van der Waals surface area contributed by atoms with Crippen LogP contribution in [0.25, 0.3) is 0 Å². The summed E-state index contributed by atoms with van der Waals surface area (Å²) in [5.74, 6) is 2.34. The van der Waals surface area contributed by atoms with E-state index in [2.05, 4.69) is 27.7 Å². The number of unbranched alkanes of at least 4 members (excludes halogenated alkanes) is 22. The first-order valence-corrected chi connectivity index (χ1v) is 21.7. The third kappa shape index (κ3) is 33.4. The van der Waals surface area contributed by atoms with Gasteiger partial charge in [-0.3, -0.25) is 0 Å². The largest absolute Gasteiger partial charge is 0.303 e. The van der Waals surface area contributed by atoms with Gasteiger partial charge in [0.1, 0.15) is 6.29 Å². The Labute approximate surface area is 287 Å². The molecule has 0 heterocycles. The Morgan fingerprint density at radius 1 is 0.289 bits per heavy atom. The van der Waals surface area contributed by atoms with Crippen molar-refractivity contribution in [3.05, 3.63) is 0 Å². The summed E-state index contributed by atoms with van der Waals surface area (Å²) in [4.78, 5) is 11.6. The van der Waals surface area contributed by atoms with Crippen molar-refractivity contribution in [3.63, 3.8) is 0 Å². The zero-order chi connectivity index (χ0) is 32.9. The van der Waals surface area contributed by atoms with E-state index in [-0.39, 0.29) is 0 Å². The highest BCUT2D eigenvalue weighted by Gasteiger charge is 2.10. The van der Waals surface area contributed by atoms with Crippen LogP contribution in [-0.2, 0) is 4.79 Å².